The van der Waals surface area contributed by atoms with Gasteiger partial charge in [0.1, 0.15) is 0 Å². The van der Waals surface area contributed by atoms with Crippen LogP contribution in [0.2, 0.25) is 0 Å². The standard InChI is InChI=1S/C17H23N3O2/c1-12(2)10-20-11-15(14-6-4-5-7-16(14)20)17(22)19-9-8-18-13(3)21/h4-7,11-12H,8-10H2,1-3H3,(H,18,21)(H,19,22). The Kier molecular flexibility index (Phi) is 5.20. The van der Waals surface area contributed by atoms with Crippen LogP contribution in [0.1, 0.15) is 31.1 Å². The Morgan fingerprint density at radius 2 is 1.82 bits per heavy atom. The van der Waals surface area contributed by atoms with E-state index in [-0.39, 0.29) is 11.8 Å². The number of benzene rings is 1. The van der Waals surface area contributed by atoms with Gasteiger partial charge in [0.25, 0.3) is 5.91 Å². The third-order valence-corrected chi connectivity index (χ3v) is 3.38. The fourth-order valence-electron chi connectivity index (χ4n) is 2.48. The Bertz CT molecular complexity index is 674. The number of para-hydroxylation sites is 1. The summed E-state index contributed by atoms with van der Waals surface area (Å²) in [6.07, 6.45) is 1.92. The van der Waals surface area contributed by atoms with Gasteiger partial charge in [-0.3, -0.25) is 9.59 Å². The summed E-state index contributed by atoms with van der Waals surface area (Å²) in [6, 6.07) is 7.93. The first-order valence-electron chi connectivity index (χ1n) is 7.59. The van der Waals surface area contributed by atoms with Crippen LogP contribution in [0.25, 0.3) is 10.9 Å². The number of rotatable bonds is 6. The number of hydrogen-bond acceptors (Lipinski definition) is 2. The third-order valence-electron chi connectivity index (χ3n) is 3.38. The lowest BCUT2D eigenvalue weighted by molar-refractivity contribution is -0.118. The molecule has 1 heterocycles. The number of aromatic nitrogens is 1. The Balaban J connectivity index is 2.16. The van der Waals surface area contributed by atoms with Gasteiger partial charge < -0.3 is 15.2 Å². The molecular weight excluding hydrogens is 278 g/mol. The van der Waals surface area contributed by atoms with Crippen molar-refractivity contribution in [2.75, 3.05) is 13.1 Å². The first kappa shape index (κ1) is 16.1. The van der Waals surface area contributed by atoms with Crippen molar-refractivity contribution in [3.05, 3.63) is 36.0 Å². The van der Waals surface area contributed by atoms with Crippen molar-refractivity contribution < 1.29 is 9.59 Å². The van der Waals surface area contributed by atoms with Gasteiger partial charge in [-0.1, -0.05) is 32.0 Å². The first-order valence-corrected chi connectivity index (χ1v) is 7.59. The Labute approximate surface area is 130 Å². The largest absolute Gasteiger partial charge is 0.355 e. The second kappa shape index (κ2) is 7.11. The molecule has 0 saturated heterocycles. The summed E-state index contributed by atoms with van der Waals surface area (Å²) >= 11 is 0. The molecule has 0 aliphatic rings. The van der Waals surface area contributed by atoms with E-state index in [0.717, 1.165) is 17.4 Å². The number of carbonyl (C=O) groups is 2. The number of nitrogens with one attached hydrogen (secondary N) is 2. The summed E-state index contributed by atoms with van der Waals surface area (Å²) in [5.74, 6) is 0.304. The van der Waals surface area contributed by atoms with Crippen molar-refractivity contribution in [2.45, 2.75) is 27.3 Å². The SMILES string of the molecule is CC(=O)NCCNC(=O)c1cn(CC(C)C)c2ccccc12. The smallest absolute Gasteiger partial charge is 0.253 e. The minimum Gasteiger partial charge on any atom is -0.355 e. The highest BCUT2D eigenvalue weighted by Gasteiger charge is 2.14. The van der Waals surface area contributed by atoms with E-state index in [2.05, 4.69) is 29.0 Å². The quantitative estimate of drug-likeness (QED) is 0.803. The predicted octanol–water partition coefficient (Wildman–Crippen LogP) is 2.16. The lowest BCUT2D eigenvalue weighted by Gasteiger charge is -2.07. The average molecular weight is 301 g/mol. The summed E-state index contributed by atoms with van der Waals surface area (Å²) in [7, 11) is 0. The Morgan fingerprint density at radius 1 is 1.14 bits per heavy atom. The van der Waals surface area contributed by atoms with Crippen LogP contribution in [0.4, 0.5) is 0 Å². The third kappa shape index (κ3) is 3.87. The number of fused-ring (bicyclic) bond motifs is 1. The van der Waals surface area contributed by atoms with Crippen LogP contribution >= 0.6 is 0 Å². The van der Waals surface area contributed by atoms with Crippen molar-refractivity contribution in [2.24, 2.45) is 5.92 Å². The van der Waals surface area contributed by atoms with Gasteiger partial charge in [0.15, 0.2) is 0 Å². The molecule has 22 heavy (non-hydrogen) atoms. The summed E-state index contributed by atoms with van der Waals surface area (Å²) < 4.78 is 2.13. The molecule has 5 nitrogen and oxygen atoms in total. The molecule has 2 N–H and O–H groups in total. The molecule has 0 radical (unpaired) electrons. The van der Waals surface area contributed by atoms with E-state index in [0.29, 0.717) is 24.6 Å². The maximum Gasteiger partial charge on any atom is 0.253 e. The fourth-order valence-corrected chi connectivity index (χ4v) is 2.48. The van der Waals surface area contributed by atoms with Crippen LogP contribution in [0.15, 0.2) is 30.5 Å². The topological polar surface area (TPSA) is 63.1 Å². The summed E-state index contributed by atoms with van der Waals surface area (Å²) in [6.45, 7) is 7.50. The molecule has 0 aliphatic heterocycles. The zero-order chi connectivity index (χ0) is 16.1. The maximum atomic E-state index is 12.4. The summed E-state index contributed by atoms with van der Waals surface area (Å²) in [4.78, 5) is 23.2. The number of amides is 2. The minimum absolute atomic E-state index is 0.0946. The van der Waals surface area contributed by atoms with Gasteiger partial charge in [-0.15, -0.1) is 0 Å². The van der Waals surface area contributed by atoms with E-state index >= 15 is 0 Å². The number of carbonyl (C=O) groups excluding carboxylic acids is 2. The van der Waals surface area contributed by atoms with E-state index in [1.807, 2.05) is 30.5 Å². The van der Waals surface area contributed by atoms with Crippen molar-refractivity contribution in [1.29, 1.82) is 0 Å². The molecule has 0 bridgehead atoms. The van der Waals surface area contributed by atoms with Crippen LogP contribution in [0.5, 0.6) is 0 Å². The molecule has 1 aromatic carbocycles. The molecule has 2 rings (SSSR count). The molecule has 5 heteroatoms. The second-order valence-electron chi connectivity index (χ2n) is 5.84. The fraction of sp³-hybridized carbons (Fsp3) is 0.412. The number of hydrogen-bond donors (Lipinski definition) is 2. The van der Waals surface area contributed by atoms with Crippen molar-refractivity contribution >= 4 is 22.7 Å². The zero-order valence-corrected chi connectivity index (χ0v) is 13.3. The Morgan fingerprint density at radius 3 is 2.50 bits per heavy atom. The van der Waals surface area contributed by atoms with Gasteiger partial charge in [-0.2, -0.15) is 0 Å². The molecule has 0 fully saturated rings. The molecule has 0 aliphatic carbocycles. The normalized spacial score (nSPS) is 10.9. The molecule has 2 aromatic rings. The maximum absolute atomic E-state index is 12.4. The van der Waals surface area contributed by atoms with Crippen molar-refractivity contribution in [3.63, 3.8) is 0 Å². The molecule has 0 unspecified atom stereocenters. The molecule has 0 spiro atoms. The molecular formula is C17H23N3O2. The van der Waals surface area contributed by atoms with E-state index in [1.54, 1.807) is 0 Å². The van der Waals surface area contributed by atoms with Gasteiger partial charge in [0.2, 0.25) is 5.91 Å². The van der Waals surface area contributed by atoms with Gasteiger partial charge in [-0.05, 0) is 12.0 Å². The van der Waals surface area contributed by atoms with Gasteiger partial charge in [0, 0.05) is 43.7 Å². The van der Waals surface area contributed by atoms with E-state index < -0.39 is 0 Å². The van der Waals surface area contributed by atoms with Gasteiger partial charge in [-0.25, -0.2) is 0 Å². The van der Waals surface area contributed by atoms with Crippen LogP contribution in [0.3, 0.4) is 0 Å². The van der Waals surface area contributed by atoms with Crippen LogP contribution in [-0.2, 0) is 11.3 Å². The Hall–Kier alpha value is -2.30. The molecule has 118 valence electrons. The lowest BCUT2D eigenvalue weighted by atomic mass is 10.1. The zero-order valence-electron chi connectivity index (χ0n) is 13.3. The van der Waals surface area contributed by atoms with Crippen molar-refractivity contribution in [1.82, 2.24) is 15.2 Å². The van der Waals surface area contributed by atoms with Gasteiger partial charge in [0.05, 0.1) is 5.56 Å². The van der Waals surface area contributed by atoms with E-state index in [9.17, 15) is 9.59 Å². The van der Waals surface area contributed by atoms with Gasteiger partial charge >= 0.3 is 0 Å². The highest BCUT2D eigenvalue weighted by Crippen LogP contribution is 2.22. The molecule has 0 saturated carbocycles. The van der Waals surface area contributed by atoms with E-state index in [1.165, 1.54) is 6.92 Å². The average Bonchev–Trinajstić information content (AvgIpc) is 2.82. The molecule has 0 atom stereocenters. The highest BCUT2D eigenvalue weighted by atomic mass is 16.2. The molecule has 2 amide bonds. The van der Waals surface area contributed by atoms with E-state index in [4.69, 9.17) is 0 Å². The monoisotopic (exact) mass is 301 g/mol. The van der Waals surface area contributed by atoms with Crippen molar-refractivity contribution in [3.8, 4) is 0 Å². The predicted molar refractivity (Wildman–Crippen MR) is 87.8 cm³/mol. The first-order chi connectivity index (χ1) is 10.5. The van der Waals surface area contributed by atoms with Crippen LogP contribution < -0.4 is 10.6 Å². The summed E-state index contributed by atoms with van der Waals surface area (Å²) in [5.41, 5.74) is 1.75. The minimum atomic E-state index is -0.107. The van der Waals surface area contributed by atoms with Crippen LogP contribution in [-0.4, -0.2) is 29.5 Å². The molecule has 1 aromatic heterocycles. The highest BCUT2D eigenvalue weighted by molar-refractivity contribution is 6.07. The number of nitrogens with zero attached hydrogens (tertiary/aromatic N) is 1. The lowest BCUT2D eigenvalue weighted by Crippen LogP contribution is -2.33. The second-order valence-corrected chi connectivity index (χ2v) is 5.84. The van der Waals surface area contributed by atoms with Crippen LogP contribution in [0, 0.1) is 5.92 Å². The summed E-state index contributed by atoms with van der Waals surface area (Å²) in [5, 5.41) is 6.47.